The molecule has 0 radical (unpaired) electrons. The van der Waals surface area contributed by atoms with E-state index in [4.69, 9.17) is 4.74 Å². The zero-order chi connectivity index (χ0) is 18.4. The highest BCUT2D eigenvalue weighted by atomic mass is 32.2. The third-order valence-corrected chi connectivity index (χ3v) is 5.70. The third-order valence-electron chi connectivity index (χ3n) is 4.19. The van der Waals surface area contributed by atoms with Crippen LogP contribution in [0.2, 0.25) is 0 Å². The van der Waals surface area contributed by atoms with Gasteiger partial charge in [0, 0.05) is 25.5 Å². The molecule has 0 spiro atoms. The van der Waals surface area contributed by atoms with Gasteiger partial charge < -0.3 is 10.1 Å². The molecule has 1 aliphatic rings. The van der Waals surface area contributed by atoms with Crippen LogP contribution in [-0.2, 0) is 22.6 Å². The molecule has 9 heteroatoms. The summed E-state index contributed by atoms with van der Waals surface area (Å²) in [5.41, 5.74) is 0.969. The molecule has 1 fully saturated rings. The molecule has 0 saturated carbocycles. The third kappa shape index (κ3) is 5.01. The average molecular weight is 376 g/mol. The first-order chi connectivity index (χ1) is 12.6. The molecule has 3 heterocycles. The molecule has 1 N–H and O–H groups in total. The number of nitrogens with one attached hydrogen (secondary N) is 1. The Morgan fingerprint density at radius 2 is 2.38 bits per heavy atom. The number of ether oxygens (including phenoxy) is 1. The summed E-state index contributed by atoms with van der Waals surface area (Å²) in [5, 5.41) is 15.3. The van der Waals surface area contributed by atoms with E-state index in [1.807, 2.05) is 26.0 Å². The highest BCUT2D eigenvalue weighted by Gasteiger charge is 2.27. The topological polar surface area (TPSA) is 94.8 Å². The molecule has 1 amide bonds. The van der Waals surface area contributed by atoms with Crippen LogP contribution in [0.25, 0.3) is 0 Å². The van der Waals surface area contributed by atoms with Gasteiger partial charge in [-0.05, 0) is 40.8 Å². The first kappa shape index (κ1) is 18.8. The van der Waals surface area contributed by atoms with Crippen LogP contribution in [0.5, 0.6) is 0 Å². The Kier molecular flexibility index (Phi) is 6.56. The molecule has 0 bridgehead atoms. The molecule has 0 unspecified atom stereocenters. The van der Waals surface area contributed by atoms with E-state index >= 15 is 0 Å². The van der Waals surface area contributed by atoms with Gasteiger partial charge in [0.05, 0.1) is 17.9 Å². The molecule has 0 aromatic carbocycles. The van der Waals surface area contributed by atoms with Crippen molar-refractivity contribution in [2.45, 2.75) is 56.3 Å². The fourth-order valence-corrected chi connectivity index (χ4v) is 3.78. The standard InChI is InChI=1S/C17H24N6O2S/c1-12(2)15(16(24)19-10-13-5-3-7-18-9-13)26-17-20-21-22-23(17)11-14-6-4-8-25-14/h3,5,7,9,12,14-15H,4,6,8,10-11H2,1-2H3,(H,19,24)/t14-,15-/m1/s1. The minimum Gasteiger partial charge on any atom is -0.376 e. The Labute approximate surface area is 157 Å². The van der Waals surface area contributed by atoms with Crippen molar-refractivity contribution in [3.05, 3.63) is 30.1 Å². The van der Waals surface area contributed by atoms with Crippen molar-refractivity contribution in [2.24, 2.45) is 5.92 Å². The minimum absolute atomic E-state index is 0.0273. The molecule has 2 aromatic heterocycles. The van der Waals surface area contributed by atoms with E-state index in [1.165, 1.54) is 11.8 Å². The van der Waals surface area contributed by atoms with E-state index in [9.17, 15) is 4.79 Å². The second-order valence-corrected chi connectivity index (χ2v) is 7.75. The molecule has 3 rings (SSSR count). The molecule has 26 heavy (non-hydrogen) atoms. The van der Waals surface area contributed by atoms with Gasteiger partial charge in [0.25, 0.3) is 0 Å². The van der Waals surface area contributed by atoms with Crippen LogP contribution in [-0.4, -0.2) is 49.1 Å². The molecule has 140 valence electrons. The molecular formula is C17H24N6O2S. The van der Waals surface area contributed by atoms with Crippen LogP contribution >= 0.6 is 11.8 Å². The van der Waals surface area contributed by atoms with Crippen molar-refractivity contribution in [3.8, 4) is 0 Å². The van der Waals surface area contributed by atoms with Gasteiger partial charge in [-0.25, -0.2) is 4.68 Å². The van der Waals surface area contributed by atoms with Crippen LogP contribution in [0.4, 0.5) is 0 Å². The second-order valence-electron chi connectivity index (χ2n) is 6.64. The fraction of sp³-hybridized carbons (Fsp3) is 0.588. The Hall–Kier alpha value is -2.00. The second kappa shape index (κ2) is 9.09. The van der Waals surface area contributed by atoms with E-state index in [0.717, 1.165) is 25.0 Å². The number of carbonyl (C=O) groups is 1. The lowest BCUT2D eigenvalue weighted by Crippen LogP contribution is -2.35. The first-order valence-electron chi connectivity index (χ1n) is 8.84. The van der Waals surface area contributed by atoms with Crippen LogP contribution < -0.4 is 5.32 Å². The summed E-state index contributed by atoms with van der Waals surface area (Å²) in [4.78, 5) is 16.8. The summed E-state index contributed by atoms with van der Waals surface area (Å²) >= 11 is 1.40. The Morgan fingerprint density at radius 1 is 1.50 bits per heavy atom. The van der Waals surface area contributed by atoms with E-state index < -0.39 is 0 Å². The molecule has 2 atom stereocenters. The number of nitrogens with zero attached hydrogens (tertiary/aromatic N) is 5. The number of carbonyl (C=O) groups excluding carboxylic acids is 1. The lowest BCUT2D eigenvalue weighted by Gasteiger charge is -2.19. The highest BCUT2D eigenvalue weighted by molar-refractivity contribution is 8.00. The Bertz CT molecular complexity index is 702. The van der Waals surface area contributed by atoms with E-state index in [0.29, 0.717) is 18.2 Å². The molecule has 2 aromatic rings. The van der Waals surface area contributed by atoms with Gasteiger partial charge >= 0.3 is 0 Å². The van der Waals surface area contributed by atoms with Crippen molar-refractivity contribution in [2.75, 3.05) is 6.61 Å². The normalized spacial score (nSPS) is 18.2. The molecule has 0 aliphatic carbocycles. The first-order valence-corrected chi connectivity index (χ1v) is 9.72. The van der Waals surface area contributed by atoms with Crippen LogP contribution in [0.3, 0.4) is 0 Å². The molecule has 8 nitrogen and oxygen atoms in total. The molecule has 1 saturated heterocycles. The molecular weight excluding hydrogens is 352 g/mol. The number of rotatable bonds is 8. The Balaban J connectivity index is 1.61. The summed E-state index contributed by atoms with van der Waals surface area (Å²) in [6.45, 7) is 5.92. The average Bonchev–Trinajstić information content (AvgIpc) is 3.31. The smallest absolute Gasteiger partial charge is 0.234 e. The van der Waals surface area contributed by atoms with Gasteiger partial charge in [0.1, 0.15) is 0 Å². The van der Waals surface area contributed by atoms with Crippen LogP contribution in [0.1, 0.15) is 32.3 Å². The summed E-state index contributed by atoms with van der Waals surface area (Å²) in [6, 6.07) is 3.79. The SMILES string of the molecule is CC(C)[C@@H](Sc1nnnn1C[C@H]1CCCO1)C(=O)NCc1cccnc1. The predicted molar refractivity (Wildman–Crippen MR) is 97.4 cm³/mol. The summed E-state index contributed by atoms with van der Waals surface area (Å²) in [6.07, 6.45) is 5.70. The molecule has 1 aliphatic heterocycles. The van der Waals surface area contributed by atoms with E-state index in [2.05, 4.69) is 25.8 Å². The van der Waals surface area contributed by atoms with Crippen LogP contribution in [0, 0.1) is 5.92 Å². The Morgan fingerprint density at radius 3 is 3.08 bits per heavy atom. The highest BCUT2D eigenvalue weighted by Crippen LogP contribution is 2.27. The quantitative estimate of drug-likeness (QED) is 0.700. The van der Waals surface area contributed by atoms with Gasteiger partial charge in [0.15, 0.2) is 0 Å². The largest absolute Gasteiger partial charge is 0.376 e. The van der Waals surface area contributed by atoms with Crippen molar-refractivity contribution in [1.29, 1.82) is 0 Å². The van der Waals surface area contributed by atoms with Crippen molar-refractivity contribution in [1.82, 2.24) is 30.5 Å². The lowest BCUT2D eigenvalue weighted by atomic mass is 10.1. The summed E-state index contributed by atoms with van der Waals surface area (Å²) in [7, 11) is 0. The van der Waals surface area contributed by atoms with Crippen molar-refractivity contribution < 1.29 is 9.53 Å². The zero-order valence-corrected chi connectivity index (χ0v) is 15.9. The maximum Gasteiger partial charge on any atom is 0.234 e. The monoisotopic (exact) mass is 376 g/mol. The summed E-state index contributed by atoms with van der Waals surface area (Å²) < 4.78 is 7.40. The number of aromatic nitrogens is 5. The van der Waals surface area contributed by atoms with Crippen molar-refractivity contribution >= 4 is 17.7 Å². The van der Waals surface area contributed by atoms with Gasteiger partial charge in [-0.3, -0.25) is 9.78 Å². The number of tetrazole rings is 1. The van der Waals surface area contributed by atoms with Crippen LogP contribution in [0.15, 0.2) is 29.7 Å². The number of amides is 1. The fourth-order valence-electron chi connectivity index (χ4n) is 2.78. The minimum atomic E-state index is -0.277. The van der Waals surface area contributed by atoms with Gasteiger partial charge in [-0.1, -0.05) is 31.7 Å². The maximum absolute atomic E-state index is 12.7. The van der Waals surface area contributed by atoms with Gasteiger partial charge in [-0.15, -0.1) is 5.10 Å². The predicted octanol–water partition coefficient (Wildman–Crippen LogP) is 1.68. The number of pyridine rings is 1. The van der Waals surface area contributed by atoms with Gasteiger partial charge in [0.2, 0.25) is 11.1 Å². The van der Waals surface area contributed by atoms with E-state index in [1.54, 1.807) is 17.1 Å². The van der Waals surface area contributed by atoms with Crippen molar-refractivity contribution in [3.63, 3.8) is 0 Å². The lowest BCUT2D eigenvalue weighted by molar-refractivity contribution is -0.121. The maximum atomic E-state index is 12.7. The summed E-state index contributed by atoms with van der Waals surface area (Å²) in [5.74, 6) is 0.113. The number of hydrogen-bond acceptors (Lipinski definition) is 7. The van der Waals surface area contributed by atoms with E-state index in [-0.39, 0.29) is 23.2 Å². The number of hydrogen-bond donors (Lipinski definition) is 1. The number of thioether (sulfide) groups is 1. The van der Waals surface area contributed by atoms with Gasteiger partial charge in [-0.2, -0.15) is 0 Å². The zero-order valence-electron chi connectivity index (χ0n) is 15.0.